The van der Waals surface area contributed by atoms with Crippen molar-refractivity contribution < 1.29 is 27.6 Å². The number of benzene rings is 1. The highest BCUT2D eigenvalue weighted by molar-refractivity contribution is 6.41. The first-order valence-corrected chi connectivity index (χ1v) is 6.66. The standard InChI is InChI=1S/C13H13ClF3N3O3/c1-7(21)20(5-4-18)12(23)11(22)19-10-3-2-8(14)6-9(10)13(15,16)17/h2-3,6H,4-5,18H2,1H3,(H,19,22). The van der Waals surface area contributed by atoms with Gasteiger partial charge in [0.1, 0.15) is 0 Å². The molecule has 1 aromatic carbocycles. The number of carbonyl (C=O) groups excluding carboxylic acids is 3. The summed E-state index contributed by atoms with van der Waals surface area (Å²) in [6.45, 7) is 0.714. The van der Waals surface area contributed by atoms with E-state index in [4.69, 9.17) is 17.3 Å². The van der Waals surface area contributed by atoms with E-state index in [9.17, 15) is 27.6 Å². The van der Waals surface area contributed by atoms with Crippen LogP contribution in [-0.2, 0) is 20.6 Å². The van der Waals surface area contributed by atoms with Gasteiger partial charge in [0.25, 0.3) is 0 Å². The molecule has 3 amide bonds. The average Bonchev–Trinajstić information content (AvgIpc) is 2.44. The molecule has 0 saturated carbocycles. The molecule has 0 aliphatic rings. The molecule has 0 atom stereocenters. The summed E-state index contributed by atoms with van der Waals surface area (Å²) in [4.78, 5) is 35.5. The number of alkyl halides is 3. The molecule has 6 nitrogen and oxygen atoms in total. The zero-order chi connectivity index (χ0) is 17.8. The van der Waals surface area contributed by atoms with E-state index < -0.39 is 35.1 Å². The molecule has 126 valence electrons. The van der Waals surface area contributed by atoms with Gasteiger partial charge in [-0.3, -0.25) is 19.3 Å². The van der Waals surface area contributed by atoms with Gasteiger partial charge in [0.15, 0.2) is 0 Å². The second-order valence-corrected chi connectivity index (χ2v) is 4.84. The maximum atomic E-state index is 12.9. The van der Waals surface area contributed by atoms with Gasteiger partial charge in [-0.05, 0) is 18.2 Å². The zero-order valence-corrected chi connectivity index (χ0v) is 12.7. The fraction of sp³-hybridized carbons (Fsp3) is 0.308. The van der Waals surface area contributed by atoms with Crippen molar-refractivity contribution in [1.29, 1.82) is 0 Å². The molecule has 0 unspecified atom stereocenters. The van der Waals surface area contributed by atoms with Crippen LogP contribution < -0.4 is 11.1 Å². The Labute approximate surface area is 134 Å². The number of anilines is 1. The topological polar surface area (TPSA) is 92.5 Å². The van der Waals surface area contributed by atoms with Crippen molar-refractivity contribution >= 4 is 35.0 Å². The number of nitrogens with one attached hydrogen (secondary N) is 1. The van der Waals surface area contributed by atoms with E-state index in [2.05, 4.69) is 0 Å². The quantitative estimate of drug-likeness (QED) is 0.810. The Balaban J connectivity index is 3.06. The normalized spacial score (nSPS) is 11.0. The molecule has 0 aliphatic carbocycles. The Bertz CT molecular complexity index is 635. The van der Waals surface area contributed by atoms with E-state index in [1.165, 1.54) is 0 Å². The van der Waals surface area contributed by atoms with Crippen molar-refractivity contribution in [3.05, 3.63) is 28.8 Å². The maximum Gasteiger partial charge on any atom is 0.418 e. The molecule has 0 radical (unpaired) electrons. The van der Waals surface area contributed by atoms with Crippen LogP contribution in [0.25, 0.3) is 0 Å². The maximum absolute atomic E-state index is 12.9. The van der Waals surface area contributed by atoms with Crippen LogP contribution in [0, 0.1) is 0 Å². The summed E-state index contributed by atoms with van der Waals surface area (Å²) >= 11 is 5.51. The first-order chi connectivity index (χ1) is 10.6. The van der Waals surface area contributed by atoms with E-state index in [-0.39, 0.29) is 18.1 Å². The zero-order valence-electron chi connectivity index (χ0n) is 11.9. The molecule has 0 spiro atoms. The van der Waals surface area contributed by atoms with Crippen LogP contribution in [0.3, 0.4) is 0 Å². The Morgan fingerprint density at radius 1 is 1.30 bits per heavy atom. The molecular weight excluding hydrogens is 339 g/mol. The van der Waals surface area contributed by atoms with E-state index in [0.717, 1.165) is 19.1 Å². The summed E-state index contributed by atoms with van der Waals surface area (Å²) in [7, 11) is 0. The van der Waals surface area contributed by atoms with Crippen molar-refractivity contribution in [3.63, 3.8) is 0 Å². The molecule has 0 heterocycles. The molecule has 0 bridgehead atoms. The summed E-state index contributed by atoms with van der Waals surface area (Å²) in [6.07, 6.45) is -4.78. The Kier molecular flexibility index (Phi) is 6.11. The van der Waals surface area contributed by atoms with Crippen LogP contribution >= 0.6 is 11.6 Å². The number of rotatable bonds is 3. The van der Waals surface area contributed by atoms with Crippen molar-refractivity contribution in [2.45, 2.75) is 13.1 Å². The number of hydrogen-bond donors (Lipinski definition) is 2. The van der Waals surface area contributed by atoms with Crippen molar-refractivity contribution in [3.8, 4) is 0 Å². The number of halogens is 4. The minimum Gasteiger partial charge on any atom is -0.329 e. The minimum absolute atomic E-state index is 0.0899. The van der Waals surface area contributed by atoms with Crippen LogP contribution in [0.1, 0.15) is 12.5 Å². The lowest BCUT2D eigenvalue weighted by molar-refractivity contribution is -0.150. The molecule has 10 heteroatoms. The molecule has 1 rings (SSSR count). The van der Waals surface area contributed by atoms with Crippen LogP contribution in [0.5, 0.6) is 0 Å². The van der Waals surface area contributed by atoms with E-state index >= 15 is 0 Å². The van der Waals surface area contributed by atoms with Crippen LogP contribution in [0.15, 0.2) is 18.2 Å². The van der Waals surface area contributed by atoms with Gasteiger partial charge in [0, 0.05) is 25.0 Å². The lowest BCUT2D eigenvalue weighted by atomic mass is 10.1. The first-order valence-electron chi connectivity index (χ1n) is 6.28. The largest absolute Gasteiger partial charge is 0.418 e. The third kappa shape index (κ3) is 4.93. The van der Waals surface area contributed by atoms with Gasteiger partial charge in [-0.1, -0.05) is 11.6 Å². The average molecular weight is 352 g/mol. The second-order valence-electron chi connectivity index (χ2n) is 4.41. The molecule has 23 heavy (non-hydrogen) atoms. The monoisotopic (exact) mass is 351 g/mol. The van der Waals surface area contributed by atoms with Gasteiger partial charge >= 0.3 is 18.0 Å². The fourth-order valence-corrected chi connectivity index (χ4v) is 1.86. The molecular formula is C13H13ClF3N3O3. The predicted molar refractivity (Wildman–Crippen MR) is 76.5 cm³/mol. The number of carbonyl (C=O) groups is 3. The number of amides is 3. The predicted octanol–water partition coefficient (Wildman–Crippen LogP) is 1.63. The van der Waals surface area contributed by atoms with Gasteiger partial charge in [0.2, 0.25) is 5.91 Å². The van der Waals surface area contributed by atoms with Crippen LogP contribution in [0.4, 0.5) is 18.9 Å². The summed E-state index contributed by atoms with van der Waals surface area (Å²) in [5.74, 6) is -3.43. The summed E-state index contributed by atoms with van der Waals surface area (Å²) in [6, 6.07) is 2.65. The first kappa shape index (κ1) is 18.9. The van der Waals surface area contributed by atoms with Gasteiger partial charge in [-0.25, -0.2) is 0 Å². The highest BCUT2D eigenvalue weighted by Gasteiger charge is 2.35. The van der Waals surface area contributed by atoms with E-state index in [1.54, 1.807) is 0 Å². The Morgan fingerprint density at radius 3 is 2.39 bits per heavy atom. The molecule has 0 saturated heterocycles. The molecule has 3 N–H and O–H groups in total. The van der Waals surface area contributed by atoms with Gasteiger partial charge < -0.3 is 11.1 Å². The summed E-state index contributed by atoms with van der Waals surface area (Å²) < 4.78 is 38.7. The van der Waals surface area contributed by atoms with Crippen molar-refractivity contribution in [1.82, 2.24) is 4.90 Å². The third-order valence-electron chi connectivity index (χ3n) is 2.71. The van der Waals surface area contributed by atoms with Gasteiger partial charge in [-0.2, -0.15) is 13.2 Å². The van der Waals surface area contributed by atoms with Gasteiger partial charge in [-0.15, -0.1) is 0 Å². The lowest BCUT2D eigenvalue weighted by Gasteiger charge is -2.18. The number of nitrogens with two attached hydrogens (primary N) is 1. The van der Waals surface area contributed by atoms with Crippen molar-refractivity contribution in [2.24, 2.45) is 5.73 Å². The number of hydrogen-bond acceptors (Lipinski definition) is 4. The highest BCUT2D eigenvalue weighted by Crippen LogP contribution is 2.36. The second kappa shape index (κ2) is 7.42. The smallest absolute Gasteiger partial charge is 0.329 e. The minimum atomic E-state index is -4.78. The Morgan fingerprint density at radius 2 is 1.91 bits per heavy atom. The molecule has 0 fully saturated rings. The van der Waals surface area contributed by atoms with E-state index in [1.807, 2.05) is 5.32 Å². The summed E-state index contributed by atoms with van der Waals surface area (Å²) in [5, 5.41) is 1.65. The van der Waals surface area contributed by atoms with E-state index in [0.29, 0.717) is 11.0 Å². The summed E-state index contributed by atoms with van der Waals surface area (Å²) in [5.41, 5.74) is 3.36. The van der Waals surface area contributed by atoms with Crippen LogP contribution in [-0.4, -0.2) is 35.7 Å². The number of nitrogens with zero attached hydrogens (tertiary/aromatic N) is 1. The number of imide groups is 1. The SMILES string of the molecule is CC(=O)N(CCN)C(=O)C(=O)Nc1ccc(Cl)cc1C(F)(F)F. The van der Waals surface area contributed by atoms with Crippen LogP contribution in [0.2, 0.25) is 5.02 Å². The molecule has 0 aromatic heterocycles. The van der Waals surface area contributed by atoms with Crippen molar-refractivity contribution in [2.75, 3.05) is 18.4 Å². The van der Waals surface area contributed by atoms with Gasteiger partial charge in [0.05, 0.1) is 11.3 Å². The molecule has 0 aliphatic heterocycles. The third-order valence-corrected chi connectivity index (χ3v) is 2.94. The Hall–Kier alpha value is -2.13. The lowest BCUT2D eigenvalue weighted by Crippen LogP contribution is -2.45. The molecule has 1 aromatic rings. The fourth-order valence-electron chi connectivity index (χ4n) is 1.69. The highest BCUT2D eigenvalue weighted by atomic mass is 35.5.